The van der Waals surface area contributed by atoms with Crippen LogP contribution in [-0.2, 0) is 12.7 Å². The number of halogens is 6. The molecule has 0 aromatic heterocycles. The molecule has 0 bridgehead atoms. The third kappa shape index (κ3) is 4.03. The van der Waals surface area contributed by atoms with Gasteiger partial charge in [0, 0.05) is 18.3 Å². The van der Waals surface area contributed by atoms with Crippen molar-refractivity contribution in [2.24, 2.45) is 5.73 Å². The lowest BCUT2D eigenvalue weighted by molar-refractivity contribution is -0.138. The SMILES string of the molecule is NCc1ccc(N(CC(F)(F)F)C2CC2)cc1C(F)(F)F. The number of anilines is 1. The van der Waals surface area contributed by atoms with Crippen LogP contribution in [0.2, 0.25) is 0 Å². The second kappa shape index (κ2) is 5.40. The Kier molecular flexibility index (Phi) is 4.10. The van der Waals surface area contributed by atoms with E-state index in [0.29, 0.717) is 12.8 Å². The molecular weight excluding hydrogens is 298 g/mol. The molecule has 0 atom stereocenters. The maximum Gasteiger partial charge on any atom is 0.416 e. The second-order valence-electron chi connectivity index (χ2n) is 5.02. The Balaban J connectivity index is 2.37. The molecule has 1 aromatic rings. The quantitative estimate of drug-likeness (QED) is 0.859. The Hall–Kier alpha value is -1.44. The Morgan fingerprint density at radius 2 is 1.71 bits per heavy atom. The molecule has 1 aliphatic carbocycles. The monoisotopic (exact) mass is 312 g/mol. The van der Waals surface area contributed by atoms with Gasteiger partial charge in [-0.3, -0.25) is 0 Å². The van der Waals surface area contributed by atoms with Gasteiger partial charge in [-0.1, -0.05) is 6.07 Å². The molecule has 1 aliphatic rings. The molecule has 118 valence electrons. The van der Waals surface area contributed by atoms with Gasteiger partial charge in [0.2, 0.25) is 0 Å². The van der Waals surface area contributed by atoms with E-state index in [4.69, 9.17) is 5.73 Å². The van der Waals surface area contributed by atoms with Crippen molar-refractivity contribution in [2.45, 2.75) is 37.8 Å². The summed E-state index contributed by atoms with van der Waals surface area (Å²) >= 11 is 0. The molecule has 0 unspecified atom stereocenters. The summed E-state index contributed by atoms with van der Waals surface area (Å²) in [6.07, 6.45) is -8.00. The summed E-state index contributed by atoms with van der Waals surface area (Å²) in [6.45, 7) is -1.57. The topological polar surface area (TPSA) is 29.3 Å². The van der Waals surface area contributed by atoms with E-state index >= 15 is 0 Å². The molecule has 1 fully saturated rings. The number of hydrogen-bond acceptors (Lipinski definition) is 2. The molecule has 0 heterocycles. The van der Waals surface area contributed by atoms with Gasteiger partial charge in [0.05, 0.1) is 5.56 Å². The van der Waals surface area contributed by atoms with Crippen LogP contribution in [0.15, 0.2) is 18.2 Å². The zero-order valence-electron chi connectivity index (χ0n) is 10.9. The van der Waals surface area contributed by atoms with Crippen molar-refractivity contribution in [1.29, 1.82) is 0 Å². The third-order valence-electron chi connectivity index (χ3n) is 3.29. The van der Waals surface area contributed by atoms with Gasteiger partial charge in [0.25, 0.3) is 0 Å². The normalized spacial score (nSPS) is 16.1. The third-order valence-corrected chi connectivity index (χ3v) is 3.29. The van der Waals surface area contributed by atoms with Crippen molar-refractivity contribution >= 4 is 5.69 Å². The summed E-state index contributed by atoms with van der Waals surface area (Å²) in [5.74, 6) is 0. The fourth-order valence-electron chi connectivity index (χ4n) is 2.20. The zero-order chi connectivity index (χ0) is 15.8. The van der Waals surface area contributed by atoms with Gasteiger partial charge in [-0.25, -0.2) is 0 Å². The Bertz CT molecular complexity index is 504. The Labute approximate surface area is 117 Å². The van der Waals surface area contributed by atoms with E-state index in [2.05, 4.69) is 0 Å². The predicted molar refractivity (Wildman–Crippen MR) is 65.8 cm³/mol. The van der Waals surface area contributed by atoms with Gasteiger partial charge in [-0.15, -0.1) is 0 Å². The lowest BCUT2D eigenvalue weighted by Crippen LogP contribution is -2.36. The first-order chi connectivity index (χ1) is 9.62. The van der Waals surface area contributed by atoms with E-state index in [0.717, 1.165) is 17.0 Å². The fourth-order valence-corrected chi connectivity index (χ4v) is 2.20. The molecule has 0 saturated heterocycles. The van der Waals surface area contributed by atoms with Crippen molar-refractivity contribution in [3.8, 4) is 0 Å². The molecule has 8 heteroatoms. The summed E-state index contributed by atoms with van der Waals surface area (Å²) in [4.78, 5) is 0.982. The summed E-state index contributed by atoms with van der Waals surface area (Å²) in [5.41, 5.74) is 4.08. The highest BCUT2D eigenvalue weighted by Crippen LogP contribution is 2.38. The van der Waals surface area contributed by atoms with Crippen LogP contribution in [0.3, 0.4) is 0 Å². The minimum Gasteiger partial charge on any atom is -0.360 e. The molecule has 21 heavy (non-hydrogen) atoms. The number of nitrogens with zero attached hydrogens (tertiary/aromatic N) is 1. The van der Waals surface area contributed by atoms with Gasteiger partial charge in [0.1, 0.15) is 6.54 Å². The first kappa shape index (κ1) is 15.9. The van der Waals surface area contributed by atoms with Crippen molar-refractivity contribution in [3.05, 3.63) is 29.3 Å². The largest absolute Gasteiger partial charge is 0.416 e. The van der Waals surface area contributed by atoms with Gasteiger partial charge < -0.3 is 10.6 Å². The minimum atomic E-state index is -4.64. The second-order valence-corrected chi connectivity index (χ2v) is 5.02. The van der Waals surface area contributed by atoms with Gasteiger partial charge in [-0.2, -0.15) is 26.3 Å². The molecule has 0 spiro atoms. The zero-order valence-corrected chi connectivity index (χ0v) is 10.9. The van der Waals surface area contributed by atoms with Crippen molar-refractivity contribution in [3.63, 3.8) is 0 Å². The highest BCUT2D eigenvalue weighted by atomic mass is 19.4. The van der Waals surface area contributed by atoms with Crippen LogP contribution in [0.1, 0.15) is 24.0 Å². The molecule has 0 radical (unpaired) electrons. The van der Waals surface area contributed by atoms with E-state index in [1.54, 1.807) is 0 Å². The molecule has 2 rings (SSSR count). The molecule has 1 aromatic carbocycles. The molecule has 2 N–H and O–H groups in total. The van der Waals surface area contributed by atoms with Crippen molar-refractivity contribution in [2.75, 3.05) is 11.4 Å². The van der Waals surface area contributed by atoms with Crippen LogP contribution in [0.4, 0.5) is 32.0 Å². The number of nitrogens with two attached hydrogens (primary N) is 1. The van der Waals surface area contributed by atoms with E-state index < -0.39 is 24.5 Å². The summed E-state index contributed by atoms with van der Waals surface area (Å²) in [5, 5.41) is 0. The van der Waals surface area contributed by atoms with E-state index in [-0.39, 0.29) is 23.8 Å². The highest BCUT2D eigenvalue weighted by Gasteiger charge is 2.40. The maximum atomic E-state index is 12.9. The summed E-state index contributed by atoms with van der Waals surface area (Å²) in [6, 6.07) is 2.81. The van der Waals surface area contributed by atoms with Crippen LogP contribution in [-0.4, -0.2) is 18.8 Å². The van der Waals surface area contributed by atoms with Crippen molar-refractivity contribution in [1.82, 2.24) is 0 Å². The molecule has 0 aliphatic heterocycles. The Morgan fingerprint density at radius 1 is 1.10 bits per heavy atom. The molecular formula is C13H14F6N2. The number of benzene rings is 1. The number of rotatable bonds is 4. The number of hydrogen-bond donors (Lipinski definition) is 1. The minimum absolute atomic E-state index is 0.0700. The van der Waals surface area contributed by atoms with Crippen LogP contribution < -0.4 is 10.6 Å². The van der Waals surface area contributed by atoms with Crippen LogP contribution in [0.25, 0.3) is 0 Å². The number of alkyl halides is 6. The van der Waals surface area contributed by atoms with E-state index in [9.17, 15) is 26.3 Å². The van der Waals surface area contributed by atoms with Crippen LogP contribution in [0, 0.1) is 0 Å². The van der Waals surface area contributed by atoms with E-state index in [1.807, 2.05) is 0 Å². The standard InChI is InChI=1S/C13H14F6N2/c14-12(15,16)7-21(9-3-4-9)10-2-1-8(6-20)11(5-10)13(17,18)19/h1-2,5,9H,3-4,6-7,20H2. The molecule has 2 nitrogen and oxygen atoms in total. The molecule has 1 saturated carbocycles. The lowest BCUT2D eigenvalue weighted by atomic mass is 10.1. The highest BCUT2D eigenvalue weighted by molar-refractivity contribution is 5.53. The average molecular weight is 312 g/mol. The summed E-state index contributed by atoms with van der Waals surface area (Å²) in [7, 11) is 0. The van der Waals surface area contributed by atoms with E-state index in [1.165, 1.54) is 6.07 Å². The lowest BCUT2D eigenvalue weighted by Gasteiger charge is -2.27. The average Bonchev–Trinajstić information content (AvgIpc) is 3.17. The van der Waals surface area contributed by atoms with Crippen molar-refractivity contribution < 1.29 is 26.3 Å². The van der Waals surface area contributed by atoms with Crippen LogP contribution >= 0.6 is 0 Å². The summed E-state index contributed by atoms with van der Waals surface area (Å²) < 4.78 is 76.5. The van der Waals surface area contributed by atoms with Gasteiger partial charge >= 0.3 is 12.4 Å². The molecule has 0 amide bonds. The first-order valence-electron chi connectivity index (χ1n) is 6.35. The smallest absolute Gasteiger partial charge is 0.360 e. The predicted octanol–water partition coefficient (Wildman–Crippen LogP) is 3.70. The van der Waals surface area contributed by atoms with Crippen LogP contribution in [0.5, 0.6) is 0 Å². The Morgan fingerprint density at radius 3 is 2.14 bits per heavy atom. The van der Waals surface area contributed by atoms with Gasteiger partial charge in [0.15, 0.2) is 0 Å². The fraction of sp³-hybridized carbons (Fsp3) is 0.538. The van der Waals surface area contributed by atoms with Gasteiger partial charge in [-0.05, 0) is 30.5 Å². The maximum absolute atomic E-state index is 12.9. The first-order valence-corrected chi connectivity index (χ1v) is 6.35.